The topological polar surface area (TPSA) is 26.3 Å². The molecule has 0 aromatic heterocycles. The molecule has 0 radical (unpaired) electrons. The maximum atomic E-state index is 13.6. The second-order valence-electron chi connectivity index (χ2n) is 2.82. The Kier molecular flexibility index (Phi) is 3.52. The number of hydrogen-bond acceptors (Lipinski definition) is 3. The largest absolute Gasteiger partial charge is 0.465 e. The van der Waals surface area contributed by atoms with E-state index in [4.69, 9.17) is 0 Å². The van der Waals surface area contributed by atoms with Crippen molar-refractivity contribution in [3.05, 3.63) is 29.1 Å². The van der Waals surface area contributed by atoms with Crippen molar-refractivity contribution in [1.82, 2.24) is 0 Å². The van der Waals surface area contributed by atoms with Gasteiger partial charge in [0.05, 0.1) is 12.7 Å². The van der Waals surface area contributed by atoms with Crippen molar-refractivity contribution in [2.45, 2.75) is 11.8 Å². The summed E-state index contributed by atoms with van der Waals surface area (Å²) < 4.78 is 18.1. The fraction of sp³-hybridized carbons (Fsp3) is 0.300. The molecule has 14 heavy (non-hydrogen) atoms. The molecule has 0 aliphatic carbocycles. The van der Waals surface area contributed by atoms with Crippen LogP contribution in [0.4, 0.5) is 4.39 Å². The van der Waals surface area contributed by atoms with Crippen molar-refractivity contribution in [2.75, 3.05) is 13.4 Å². The van der Waals surface area contributed by atoms with Gasteiger partial charge in [0, 0.05) is 4.90 Å². The Labute approximate surface area is 86.5 Å². The van der Waals surface area contributed by atoms with Crippen molar-refractivity contribution in [3.8, 4) is 0 Å². The molecule has 1 rings (SSSR count). The van der Waals surface area contributed by atoms with Crippen molar-refractivity contribution in [1.29, 1.82) is 0 Å². The zero-order valence-corrected chi connectivity index (χ0v) is 9.07. The number of hydrogen-bond donors (Lipinski definition) is 0. The summed E-state index contributed by atoms with van der Waals surface area (Å²) >= 11 is 1.27. The summed E-state index contributed by atoms with van der Waals surface area (Å²) in [6.07, 6.45) is 1.76. The lowest BCUT2D eigenvalue weighted by Crippen LogP contribution is -2.05. The van der Waals surface area contributed by atoms with E-state index >= 15 is 0 Å². The lowest BCUT2D eigenvalue weighted by Gasteiger charge is -2.06. The van der Waals surface area contributed by atoms with Crippen LogP contribution in [0.5, 0.6) is 0 Å². The highest BCUT2D eigenvalue weighted by Gasteiger charge is 2.15. The zero-order chi connectivity index (χ0) is 10.7. The number of carbonyl (C=O) groups is 1. The molecule has 0 aliphatic rings. The molecule has 0 atom stereocenters. The Hall–Kier alpha value is -1.03. The van der Waals surface area contributed by atoms with Gasteiger partial charge in [-0.05, 0) is 30.9 Å². The van der Waals surface area contributed by atoms with Gasteiger partial charge in [-0.15, -0.1) is 11.8 Å². The lowest BCUT2D eigenvalue weighted by atomic mass is 10.1. The second kappa shape index (κ2) is 4.46. The van der Waals surface area contributed by atoms with E-state index in [1.54, 1.807) is 12.3 Å². The highest BCUT2D eigenvalue weighted by atomic mass is 32.2. The average molecular weight is 214 g/mol. The Balaban J connectivity index is 3.29. The fourth-order valence-corrected chi connectivity index (χ4v) is 1.74. The standard InChI is InChI=1S/C10H11FO2S/c1-6-4-7(10(12)13-2)9(11)8(5-6)14-3/h4-5H,1-3H3. The monoisotopic (exact) mass is 214 g/mol. The van der Waals surface area contributed by atoms with E-state index in [0.29, 0.717) is 4.90 Å². The molecule has 0 fully saturated rings. The van der Waals surface area contributed by atoms with Gasteiger partial charge >= 0.3 is 5.97 Å². The summed E-state index contributed by atoms with van der Waals surface area (Å²) in [5, 5.41) is 0. The van der Waals surface area contributed by atoms with Crippen molar-refractivity contribution >= 4 is 17.7 Å². The molecule has 0 saturated heterocycles. The molecular weight excluding hydrogens is 203 g/mol. The Morgan fingerprint density at radius 3 is 2.64 bits per heavy atom. The first-order chi connectivity index (χ1) is 6.60. The fourth-order valence-electron chi connectivity index (χ4n) is 1.14. The van der Waals surface area contributed by atoms with Crippen LogP contribution in [0.25, 0.3) is 0 Å². The highest BCUT2D eigenvalue weighted by Crippen LogP contribution is 2.24. The molecule has 0 unspecified atom stereocenters. The quantitative estimate of drug-likeness (QED) is 0.559. The second-order valence-corrected chi connectivity index (χ2v) is 3.67. The average Bonchev–Trinajstić information content (AvgIpc) is 2.19. The van der Waals surface area contributed by atoms with Crippen molar-refractivity contribution in [3.63, 3.8) is 0 Å². The van der Waals surface area contributed by atoms with Crippen molar-refractivity contribution in [2.24, 2.45) is 0 Å². The Morgan fingerprint density at radius 1 is 1.50 bits per heavy atom. The van der Waals surface area contributed by atoms with Crippen LogP contribution in [0.2, 0.25) is 0 Å². The van der Waals surface area contributed by atoms with Gasteiger partial charge in [-0.25, -0.2) is 9.18 Å². The van der Waals surface area contributed by atoms with Crippen LogP contribution in [-0.4, -0.2) is 19.3 Å². The van der Waals surface area contributed by atoms with Gasteiger partial charge < -0.3 is 4.74 Å². The van der Waals surface area contributed by atoms with Gasteiger partial charge in [0.25, 0.3) is 0 Å². The van der Waals surface area contributed by atoms with E-state index in [1.807, 2.05) is 6.92 Å². The van der Waals surface area contributed by atoms with Crippen molar-refractivity contribution < 1.29 is 13.9 Å². The third-order valence-corrected chi connectivity index (χ3v) is 2.55. The van der Waals surface area contributed by atoms with Gasteiger partial charge in [-0.1, -0.05) is 0 Å². The number of methoxy groups -OCH3 is 1. The molecule has 4 heteroatoms. The minimum atomic E-state index is -0.638. The number of thioether (sulfide) groups is 1. The van der Waals surface area contributed by atoms with Crippen LogP contribution in [0.15, 0.2) is 17.0 Å². The number of benzene rings is 1. The van der Waals surface area contributed by atoms with Gasteiger partial charge in [0.1, 0.15) is 0 Å². The maximum Gasteiger partial charge on any atom is 0.340 e. The highest BCUT2D eigenvalue weighted by molar-refractivity contribution is 7.98. The van der Waals surface area contributed by atoms with Crippen LogP contribution < -0.4 is 0 Å². The third kappa shape index (κ3) is 2.07. The molecule has 1 aromatic rings. The number of rotatable bonds is 2. The van der Waals surface area contributed by atoms with Crippen LogP contribution in [0.1, 0.15) is 15.9 Å². The van der Waals surface area contributed by atoms with E-state index < -0.39 is 11.8 Å². The number of halogens is 1. The van der Waals surface area contributed by atoms with Gasteiger partial charge in [-0.3, -0.25) is 0 Å². The van der Waals surface area contributed by atoms with E-state index in [1.165, 1.54) is 24.9 Å². The molecular formula is C10H11FO2S. The van der Waals surface area contributed by atoms with Crippen LogP contribution in [0, 0.1) is 12.7 Å². The number of carbonyl (C=O) groups excluding carboxylic acids is 1. The van der Waals surface area contributed by atoms with Crippen LogP contribution >= 0.6 is 11.8 Å². The molecule has 0 bridgehead atoms. The summed E-state index contributed by atoms with van der Waals surface area (Å²) in [5.41, 5.74) is 0.841. The third-order valence-electron chi connectivity index (χ3n) is 1.81. The summed E-state index contributed by atoms with van der Waals surface area (Å²) in [6.45, 7) is 1.81. The molecule has 0 heterocycles. The minimum Gasteiger partial charge on any atom is -0.465 e. The molecule has 0 N–H and O–H groups in total. The summed E-state index contributed by atoms with van der Waals surface area (Å²) in [7, 11) is 1.24. The lowest BCUT2D eigenvalue weighted by molar-refractivity contribution is 0.0594. The summed E-state index contributed by atoms with van der Waals surface area (Å²) in [4.78, 5) is 11.6. The molecule has 76 valence electrons. The molecule has 0 saturated carbocycles. The SMILES string of the molecule is COC(=O)c1cc(C)cc(SC)c1F. The minimum absolute atomic E-state index is 0.00292. The first-order valence-electron chi connectivity index (χ1n) is 4.02. The summed E-state index contributed by atoms with van der Waals surface area (Å²) in [5.74, 6) is -1.14. The maximum absolute atomic E-state index is 13.6. The zero-order valence-electron chi connectivity index (χ0n) is 8.26. The van der Waals surface area contributed by atoms with Gasteiger partial charge in [-0.2, -0.15) is 0 Å². The van der Waals surface area contributed by atoms with Crippen LogP contribution in [0.3, 0.4) is 0 Å². The first-order valence-corrected chi connectivity index (χ1v) is 5.25. The molecule has 0 spiro atoms. The predicted octanol–water partition coefficient (Wildman–Crippen LogP) is 2.64. The normalized spacial score (nSPS) is 10.0. The first kappa shape index (κ1) is 11.0. The molecule has 0 aliphatic heterocycles. The number of aryl methyl sites for hydroxylation is 1. The Bertz CT molecular complexity index is 363. The molecule has 2 nitrogen and oxygen atoms in total. The molecule has 1 aromatic carbocycles. The van der Waals surface area contributed by atoms with E-state index in [9.17, 15) is 9.18 Å². The van der Waals surface area contributed by atoms with E-state index in [0.717, 1.165) is 5.56 Å². The summed E-state index contributed by atoms with van der Waals surface area (Å²) in [6, 6.07) is 3.19. The van der Waals surface area contributed by atoms with E-state index in [2.05, 4.69) is 4.74 Å². The number of esters is 1. The molecule has 0 amide bonds. The van der Waals surface area contributed by atoms with Gasteiger partial charge in [0.15, 0.2) is 5.82 Å². The van der Waals surface area contributed by atoms with Crippen LogP contribution in [-0.2, 0) is 4.74 Å². The Morgan fingerprint density at radius 2 is 2.14 bits per heavy atom. The van der Waals surface area contributed by atoms with E-state index in [-0.39, 0.29) is 5.56 Å². The van der Waals surface area contributed by atoms with Gasteiger partial charge in [0.2, 0.25) is 0 Å². The number of ether oxygens (including phenoxy) is 1. The predicted molar refractivity (Wildman–Crippen MR) is 54.3 cm³/mol. The smallest absolute Gasteiger partial charge is 0.340 e.